The Labute approximate surface area is 109 Å². The van der Waals surface area contributed by atoms with Crippen LogP contribution in [0.4, 0.5) is 0 Å². The minimum atomic E-state index is 0.385. The van der Waals surface area contributed by atoms with Gasteiger partial charge in [0.05, 0.1) is 0 Å². The maximum atomic E-state index is 6.13. The molecule has 2 rings (SSSR count). The summed E-state index contributed by atoms with van der Waals surface area (Å²) < 4.78 is 2.11. The number of nitrogens with zero attached hydrogens (tertiary/aromatic N) is 3. The molecule has 1 heterocycles. The summed E-state index contributed by atoms with van der Waals surface area (Å²) >= 11 is 6.13. The molecule has 0 bridgehead atoms. The molecule has 1 saturated carbocycles. The van der Waals surface area contributed by atoms with Gasteiger partial charge < -0.3 is 4.57 Å². The minimum Gasteiger partial charge on any atom is -0.301 e. The summed E-state index contributed by atoms with van der Waals surface area (Å²) in [5.41, 5.74) is 0. The van der Waals surface area contributed by atoms with Gasteiger partial charge in [0.25, 0.3) is 0 Å². The standard InChI is InChI=1S/C13H22ClN3/c1-9(2)12-15-16-13(14)17(12)8-11-6-4-5-10(3)7-11/h9-11H,4-8H2,1-3H3. The molecule has 2 unspecified atom stereocenters. The van der Waals surface area contributed by atoms with Crippen molar-refractivity contribution in [1.82, 2.24) is 14.8 Å². The Bertz CT molecular complexity index is 373. The van der Waals surface area contributed by atoms with Gasteiger partial charge in [0, 0.05) is 12.5 Å². The molecule has 0 aromatic carbocycles. The summed E-state index contributed by atoms with van der Waals surface area (Å²) in [6, 6.07) is 0. The highest BCUT2D eigenvalue weighted by Gasteiger charge is 2.22. The van der Waals surface area contributed by atoms with Crippen molar-refractivity contribution in [2.75, 3.05) is 0 Å². The van der Waals surface area contributed by atoms with Crippen molar-refractivity contribution < 1.29 is 0 Å². The van der Waals surface area contributed by atoms with E-state index in [1.807, 2.05) is 0 Å². The molecule has 3 nitrogen and oxygen atoms in total. The molecule has 4 heteroatoms. The van der Waals surface area contributed by atoms with Gasteiger partial charge >= 0.3 is 0 Å². The Morgan fingerprint density at radius 2 is 2.12 bits per heavy atom. The molecule has 96 valence electrons. The molecule has 0 N–H and O–H groups in total. The van der Waals surface area contributed by atoms with Crippen molar-refractivity contribution in [3.8, 4) is 0 Å². The summed E-state index contributed by atoms with van der Waals surface area (Å²) in [7, 11) is 0. The molecule has 0 saturated heterocycles. The quantitative estimate of drug-likeness (QED) is 0.821. The Kier molecular flexibility index (Phi) is 4.08. The Hall–Kier alpha value is -0.570. The van der Waals surface area contributed by atoms with Crippen molar-refractivity contribution in [2.45, 2.75) is 58.9 Å². The summed E-state index contributed by atoms with van der Waals surface area (Å²) in [6.45, 7) is 7.62. The molecule has 0 spiro atoms. The van der Waals surface area contributed by atoms with Crippen LogP contribution < -0.4 is 0 Å². The van der Waals surface area contributed by atoms with Crippen LogP contribution in [0.5, 0.6) is 0 Å². The van der Waals surface area contributed by atoms with Gasteiger partial charge in [-0.3, -0.25) is 0 Å². The SMILES string of the molecule is CC1CCCC(Cn2c(Cl)nnc2C(C)C)C1. The normalized spacial score (nSPS) is 25.5. The van der Waals surface area contributed by atoms with Crippen LogP contribution in [0.15, 0.2) is 0 Å². The second kappa shape index (κ2) is 5.38. The lowest BCUT2D eigenvalue weighted by molar-refractivity contribution is 0.254. The fraction of sp³-hybridized carbons (Fsp3) is 0.846. The molecular formula is C13H22ClN3. The number of rotatable bonds is 3. The van der Waals surface area contributed by atoms with Crippen molar-refractivity contribution in [2.24, 2.45) is 11.8 Å². The number of hydrogen-bond acceptors (Lipinski definition) is 2. The van der Waals surface area contributed by atoms with E-state index in [4.69, 9.17) is 11.6 Å². The highest BCUT2D eigenvalue weighted by atomic mass is 35.5. The molecule has 1 aromatic rings. The zero-order valence-corrected chi connectivity index (χ0v) is 11.7. The number of halogens is 1. The molecule has 1 aromatic heterocycles. The van der Waals surface area contributed by atoms with Crippen molar-refractivity contribution >= 4 is 11.6 Å². The highest BCUT2D eigenvalue weighted by Crippen LogP contribution is 2.31. The van der Waals surface area contributed by atoms with Crippen molar-refractivity contribution in [3.63, 3.8) is 0 Å². The molecule has 0 amide bonds. The maximum absolute atomic E-state index is 6.13. The zero-order chi connectivity index (χ0) is 12.4. The van der Waals surface area contributed by atoms with Gasteiger partial charge in [-0.1, -0.05) is 33.6 Å². The summed E-state index contributed by atoms with van der Waals surface area (Å²) in [5.74, 6) is 3.00. The monoisotopic (exact) mass is 255 g/mol. The molecule has 1 aliphatic rings. The fourth-order valence-electron chi connectivity index (χ4n) is 2.87. The third-order valence-electron chi connectivity index (χ3n) is 3.74. The lowest BCUT2D eigenvalue weighted by Crippen LogP contribution is -2.20. The molecule has 0 radical (unpaired) electrons. The van der Waals surface area contributed by atoms with Gasteiger partial charge in [0.1, 0.15) is 5.82 Å². The first kappa shape index (κ1) is 12.9. The van der Waals surface area contributed by atoms with Gasteiger partial charge in [-0.05, 0) is 36.3 Å². The van der Waals surface area contributed by atoms with Gasteiger partial charge in [-0.25, -0.2) is 0 Å². The van der Waals surface area contributed by atoms with Crippen LogP contribution in [0.25, 0.3) is 0 Å². The van der Waals surface area contributed by atoms with E-state index in [0.717, 1.165) is 24.2 Å². The maximum Gasteiger partial charge on any atom is 0.225 e. The fourth-order valence-corrected chi connectivity index (χ4v) is 3.07. The predicted molar refractivity (Wildman–Crippen MR) is 70.2 cm³/mol. The zero-order valence-electron chi connectivity index (χ0n) is 11.0. The Balaban J connectivity index is 2.09. The first-order valence-electron chi connectivity index (χ1n) is 6.66. The molecule has 1 fully saturated rings. The first-order valence-corrected chi connectivity index (χ1v) is 7.04. The van der Waals surface area contributed by atoms with E-state index in [1.165, 1.54) is 25.7 Å². The third-order valence-corrected chi connectivity index (χ3v) is 4.02. The first-order chi connectivity index (χ1) is 8.08. The van der Waals surface area contributed by atoms with Crippen molar-refractivity contribution in [1.29, 1.82) is 0 Å². The van der Waals surface area contributed by atoms with Crippen LogP contribution in [-0.2, 0) is 6.54 Å². The lowest BCUT2D eigenvalue weighted by Gasteiger charge is -2.27. The second-order valence-electron chi connectivity index (χ2n) is 5.73. The lowest BCUT2D eigenvalue weighted by atomic mass is 9.82. The third kappa shape index (κ3) is 3.01. The van der Waals surface area contributed by atoms with Gasteiger partial charge in [0.15, 0.2) is 0 Å². The van der Waals surface area contributed by atoms with Gasteiger partial charge in [-0.2, -0.15) is 0 Å². The van der Waals surface area contributed by atoms with E-state index in [-0.39, 0.29) is 0 Å². The average Bonchev–Trinajstić information content (AvgIpc) is 2.61. The smallest absolute Gasteiger partial charge is 0.225 e. The second-order valence-corrected chi connectivity index (χ2v) is 6.07. The van der Waals surface area contributed by atoms with Crippen LogP contribution in [-0.4, -0.2) is 14.8 Å². The highest BCUT2D eigenvalue weighted by molar-refractivity contribution is 6.28. The van der Waals surface area contributed by atoms with Gasteiger partial charge in [-0.15, -0.1) is 10.2 Å². The Morgan fingerprint density at radius 1 is 1.35 bits per heavy atom. The molecule has 17 heavy (non-hydrogen) atoms. The molecule has 2 atom stereocenters. The van der Waals surface area contributed by atoms with E-state index < -0.39 is 0 Å². The largest absolute Gasteiger partial charge is 0.301 e. The van der Waals surface area contributed by atoms with Crippen LogP contribution in [0, 0.1) is 11.8 Å². The topological polar surface area (TPSA) is 30.7 Å². The number of hydrogen-bond donors (Lipinski definition) is 0. The Morgan fingerprint density at radius 3 is 2.76 bits per heavy atom. The van der Waals surface area contributed by atoms with E-state index in [9.17, 15) is 0 Å². The van der Waals surface area contributed by atoms with Crippen LogP contribution >= 0.6 is 11.6 Å². The average molecular weight is 256 g/mol. The van der Waals surface area contributed by atoms with Gasteiger partial charge in [0.2, 0.25) is 5.28 Å². The summed E-state index contributed by atoms with van der Waals surface area (Å²) in [4.78, 5) is 0. The summed E-state index contributed by atoms with van der Waals surface area (Å²) in [5, 5.41) is 8.73. The molecule has 1 aliphatic carbocycles. The number of aromatic nitrogens is 3. The summed E-state index contributed by atoms with van der Waals surface area (Å²) in [6.07, 6.45) is 5.36. The van der Waals surface area contributed by atoms with Crippen molar-refractivity contribution in [3.05, 3.63) is 11.1 Å². The van der Waals surface area contributed by atoms with E-state index in [1.54, 1.807) is 0 Å². The van der Waals surface area contributed by atoms with E-state index >= 15 is 0 Å². The van der Waals surface area contributed by atoms with Crippen LogP contribution in [0.2, 0.25) is 5.28 Å². The molecular weight excluding hydrogens is 234 g/mol. The molecule has 0 aliphatic heterocycles. The van der Waals surface area contributed by atoms with Crippen LogP contribution in [0.3, 0.4) is 0 Å². The van der Waals surface area contributed by atoms with Crippen LogP contribution in [0.1, 0.15) is 58.2 Å². The van der Waals surface area contributed by atoms with E-state index in [0.29, 0.717) is 11.2 Å². The van der Waals surface area contributed by atoms with E-state index in [2.05, 4.69) is 35.5 Å². The minimum absolute atomic E-state index is 0.385. The predicted octanol–water partition coefficient (Wildman–Crippen LogP) is 3.88.